The Balaban J connectivity index is 0.000000266. The highest BCUT2D eigenvalue weighted by Crippen LogP contribution is 2.56. The Morgan fingerprint density at radius 3 is 0.469 bits per heavy atom. The van der Waals surface area contributed by atoms with E-state index < -0.39 is 241 Å². The van der Waals surface area contributed by atoms with Crippen molar-refractivity contribution >= 4 is 82.5 Å². The molecule has 0 atom stereocenters. The molecule has 0 aliphatic heterocycles. The molecule has 18 nitrogen and oxygen atoms in total. The van der Waals surface area contributed by atoms with Gasteiger partial charge in [-0.2, -0.15) is 174 Å². The fourth-order valence-corrected chi connectivity index (χ4v) is 19.1. The summed E-state index contributed by atoms with van der Waals surface area (Å²) in [7, 11) is -38.4. The van der Waals surface area contributed by atoms with Crippen LogP contribution in [-0.2, 0) is 132 Å². The minimum atomic E-state index is -7.68. The molecule has 130 heavy (non-hydrogen) atoms. The molecule has 0 bridgehead atoms. The van der Waals surface area contributed by atoms with Gasteiger partial charge in [-0.3, -0.25) is 0 Å². The zero-order valence-electron chi connectivity index (χ0n) is 61.6. The first kappa shape index (κ1) is 105. The lowest BCUT2D eigenvalue weighted by Crippen LogP contribution is -2.66. The first-order valence-corrected chi connectivity index (χ1v) is 44.0. The van der Waals surface area contributed by atoms with E-state index in [1.807, 2.05) is 0 Å². The van der Waals surface area contributed by atoms with E-state index in [1.165, 1.54) is 48.5 Å². The second kappa shape index (κ2) is 36.6. The van der Waals surface area contributed by atoms with Crippen molar-refractivity contribution in [2.45, 2.75) is 121 Å². The van der Waals surface area contributed by atoms with Crippen LogP contribution < -0.4 is 16.7 Å². The maximum Gasteiger partial charge on any atom is 0.416 e. The minimum absolute atomic E-state index is 0.0101. The maximum atomic E-state index is 13.3. The third-order valence-corrected chi connectivity index (χ3v) is 27.3. The number of alkyl halides is 32. The second-order valence-electron chi connectivity index (χ2n) is 25.3. The zero-order chi connectivity index (χ0) is 98.6. The van der Waals surface area contributed by atoms with Crippen molar-refractivity contribution in [2.75, 3.05) is 0 Å². The van der Waals surface area contributed by atoms with E-state index in [0.717, 1.165) is 48.5 Å². The van der Waals surface area contributed by atoms with Crippen LogP contribution in [0, 0.1) is 0 Å². The van der Waals surface area contributed by atoms with Crippen molar-refractivity contribution in [3.05, 3.63) is 275 Å². The van der Waals surface area contributed by atoms with Gasteiger partial charge in [0.1, 0.15) is 42.6 Å². The topological polar surface area (TPSA) is 288 Å². The second-order valence-corrected chi connectivity index (χ2v) is 38.4. The Morgan fingerprint density at radius 2 is 0.338 bits per heavy atom. The molecule has 0 radical (unpaired) electrons. The van der Waals surface area contributed by atoms with E-state index >= 15 is 0 Å². The largest absolute Gasteiger partial charge is 0.743 e. The zero-order valence-corrected chi connectivity index (χ0v) is 68.2. The van der Waals surface area contributed by atoms with Crippen molar-refractivity contribution in [3.8, 4) is 23.0 Å². The minimum Gasteiger partial charge on any atom is -0.743 e. The molecule has 0 amide bonds. The van der Waals surface area contributed by atoms with Gasteiger partial charge in [0.25, 0.3) is 0 Å². The molecule has 0 saturated heterocycles. The van der Waals surface area contributed by atoms with Gasteiger partial charge in [-0.25, -0.2) is 16.8 Å². The Kier molecular flexibility index (Phi) is 29.5. The van der Waals surface area contributed by atoms with Crippen molar-refractivity contribution in [1.82, 2.24) is 0 Å². The Hall–Kier alpha value is -10.5. The average Bonchev–Trinajstić information content (AvgIpc) is 0.710. The smallest absolute Gasteiger partial charge is 0.416 e. The van der Waals surface area contributed by atoms with Crippen molar-refractivity contribution in [3.63, 3.8) is 0 Å². The third-order valence-electron chi connectivity index (χ3n) is 16.2. The van der Waals surface area contributed by atoms with E-state index in [0.29, 0.717) is 29.4 Å². The van der Waals surface area contributed by atoms with E-state index in [1.54, 1.807) is 60.7 Å². The van der Waals surface area contributed by atoms with Crippen LogP contribution in [-0.4, -0.2) is 82.0 Å². The molecular weight excluding hydrogens is 2020 g/mol. The molecule has 0 aliphatic rings. The van der Waals surface area contributed by atoms with E-state index in [-0.39, 0.29) is 72.8 Å². The number of hydrogen-bond donors (Lipinski definition) is 0. The number of hydrogen-bond acceptors (Lipinski definition) is 18. The number of benzene rings is 10. The summed E-state index contributed by atoms with van der Waals surface area (Å²) >= 11 is 0. The van der Waals surface area contributed by atoms with Gasteiger partial charge in [0.05, 0.1) is 66.3 Å². The summed E-state index contributed by atoms with van der Waals surface area (Å²) in [6.07, 6.45) is -42.6. The van der Waals surface area contributed by atoms with Crippen molar-refractivity contribution in [1.29, 1.82) is 0 Å². The van der Waals surface area contributed by atoms with Crippen molar-refractivity contribution in [2.24, 2.45) is 0 Å². The van der Waals surface area contributed by atoms with E-state index in [2.05, 4.69) is 0 Å². The van der Waals surface area contributed by atoms with Crippen LogP contribution in [0.15, 0.2) is 279 Å². The Labute approximate surface area is 714 Å². The summed E-state index contributed by atoms with van der Waals surface area (Å²) in [5.41, 5.74) is -15.1. The summed E-state index contributed by atoms with van der Waals surface area (Å²) in [5, 5.41) is -14.6. The lowest BCUT2D eigenvalue weighted by Gasteiger charge is -2.37. The molecule has 58 heteroatoms. The quantitative estimate of drug-likeness (QED) is 0.0249. The molecule has 0 fully saturated rings. The molecule has 0 unspecified atom stereocenters. The third kappa shape index (κ3) is 24.6. The van der Waals surface area contributed by atoms with Gasteiger partial charge in [0.2, 0.25) is 0 Å². The number of rotatable bonds is 23. The molecule has 0 N–H and O–H groups in total. The summed E-state index contributed by atoms with van der Waals surface area (Å²) in [5.74, 6) is -17.3. The predicted molar refractivity (Wildman–Crippen MR) is 379 cm³/mol. The lowest BCUT2D eigenvalue weighted by molar-refractivity contribution is -0.327. The molecule has 706 valence electrons. The molecule has 0 heterocycles. The van der Waals surface area contributed by atoms with Crippen LogP contribution in [0.4, 0.5) is 140 Å². The first-order valence-electron chi connectivity index (χ1n) is 33.1. The fourth-order valence-electron chi connectivity index (χ4n) is 10.1. The standard InChI is InChI=1S/2C34H19F12O6S3.C4H2F8O6S2/c2*35-31(36,37)20-14-21(32(38,39)40)17-29(16-20)54(47,48)51-24-6-10-27(11-7-24)53(26-4-2-1-3-5-26)28-12-8-25(9-13-28)52-55(49,50)30-18-22(33(41,42)43)15-23(19-30)34(44,45)46;5-1(6,3(9,10)19(13,14)15)2(7,8)4(11,12)20(16,17)18/h2*1-19H;(H,13,14,15)(H,16,17,18)/q2*+1;/p-2. The highest BCUT2D eigenvalue weighted by atomic mass is 32.2. The lowest BCUT2D eigenvalue weighted by atomic mass is 10.1. The monoisotopic (exact) mass is 2050 g/mol. The number of halogens is 32. The Bertz CT molecular complexity index is 5700. The van der Waals surface area contributed by atoms with Gasteiger partial charge in [0.15, 0.2) is 49.6 Å². The van der Waals surface area contributed by atoms with Crippen LogP contribution in [0.2, 0.25) is 0 Å². The van der Waals surface area contributed by atoms with Crippen molar-refractivity contribution < 1.29 is 217 Å². The van der Waals surface area contributed by atoms with Crippen LogP contribution >= 0.6 is 0 Å². The normalized spacial score (nSPS) is 13.7. The molecule has 0 aliphatic carbocycles. The predicted octanol–water partition coefficient (Wildman–Crippen LogP) is 21.3. The molecule has 0 saturated carbocycles. The summed E-state index contributed by atoms with van der Waals surface area (Å²) in [6.45, 7) is 0. The Morgan fingerprint density at radius 1 is 0.200 bits per heavy atom. The fraction of sp³-hybridized carbons (Fsp3) is 0.167. The summed E-state index contributed by atoms with van der Waals surface area (Å²) in [4.78, 5) is -2.78. The SMILES string of the molecule is O=S(=O)(Oc1ccc([S+](c2ccccc2)c2ccc(OS(=O)(=O)c3cc(C(F)(F)F)cc(C(F)(F)F)c3)cc2)cc1)c1cc(C(F)(F)F)cc(C(F)(F)F)c1.O=S(=O)(Oc1ccc([S+](c2ccccc2)c2ccc(OS(=O)(=O)c3cc(C(F)(F)F)cc(C(F)(F)F)c3)cc2)cc1)c1cc(C(F)(F)F)cc(C(F)(F)F)c1.O=S(=O)([O-])C(F)(F)C(F)(F)C(F)(F)C(F)(F)S(=O)(=O)[O-]. The van der Waals surface area contributed by atoms with Gasteiger partial charge < -0.3 is 25.8 Å². The molecule has 0 spiro atoms. The molecule has 10 aromatic carbocycles. The van der Waals surface area contributed by atoms with Gasteiger partial charge in [-0.05, 0) is 194 Å². The maximum absolute atomic E-state index is 13.3. The molecular formula is C72H38F32O18S8. The van der Waals surface area contributed by atoms with Gasteiger partial charge in [-0.1, -0.05) is 36.4 Å². The van der Waals surface area contributed by atoms with E-state index in [4.69, 9.17) is 16.7 Å². The van der Waals surface area contributed by atoms with Crippen LogP contribution in [0.1, 0.15) is 44.5 Å². The van der Waals surface area contributed by atoms with Crippen LogP contribution in [0.5, 0.6) is 23.0 Å². The highest BCUT2D eigenvalue weighted by molar-refractivity contribution is 7.97. The van der Waals surface area contributed by atoms with Gasteiger partial charge >= 0.3 is 112 Å². The molecule has 0 aromatic heterocycles. The van der Waals surface area contributed by atoms with Crippen LogP contribution in [0.25, 0.3) is 0 Å². The molecule has 10 aromatic rings. The van der Waals surface area contributed by atoms with Gasteiger partial charge in [-0.15, -0.1) is 0 Å². The van der Waals surface area contributed by atoms with Gasteiger partial charge in [0, 0.05) is 0 Å². The average molecular weight is 2060 g/mol. The molecule has 10 rings (SSSR count). The highest BCUT2D eigenvalue weighted by Gasteiger charge is 2.85. The first-order chi connectivity index (χ1) is 58.7. The summed E-state index contributed by atoms with van der Waals surface area (Å²) < 4.78 is 600. The summed E-state index contributed by atoms with van der Waals surface area (Å²) in [6, 6.07) is 34.7. The van der Waals surface area contributed by atoms with E-state index in [9.17, 15) is 200 Å². The van der Waals surface area contributed by atoms with Crippen LogP contribution in [0.3, 0.4) is 0 Å².